The van der Waals surface area contributed by atoms with Crippen molar-refractivity contribution in [3.05, 3.63) is 59.1 Å². The van der Waals surface area contributed by atoms with Crippen molar-refractivity contribution in [2.45, 2.75) is 18.9 Å². The molecule has 5 nitrogen and oxygen atoms in total. The van der Waals surface area contributed by atoms with Crippen LogP contribution in [0.1, 0.15) is 23.2 Å². The topological polar surface area (TPSA) is 70.2 Å². The van der Waals surface area contributed by atoms with Gasteiger partial charge in [0.15, 0.2) is 0 Å². The third kappa shape index (κ3) is 4.26. The van der Waals surface area contributed by atoms with Gasteiger partial charge in [-0.1, -0.05) is 35.9 Å². The Kier molecular flexibility index (Phi) is 5.01. The lowest BCUT2D eigenvalue weighted by molar-refractivity contribution is -0.114. The average molecular weight is 344 g/mol. The van der Waals surface area contributed by atoms with Crippen LogP contribution in [0.3, 0.4) is 0 Å². The second-order valence-electron chi connectivity index (χ2n) is 5.67. The van der Waals surface area contributed by atoms with E-state index in [0.717, 1.165) is 12.8 Å². The van der Waals surface area contributed by atoms with Gasteiger partial charge in [0.1, 0.15) is 0 Å². The number of nitrogens with one attached hydrogen (secondary N) is 3. The van der Waals surface area contributed by atoms with Crippen molar-refractivity contribution in [3.63, 3.8) is 0 Å². The van der Waals surface area contributed by atoms with E-state index < -0.39 is 0 Å². The minimum atomic E-state index is -0.236. The van der Waals surface area contributed by atoms with Crippen LogP contribution in [-0.4, -0.2) is 24.4 Å². The maximum Gasteiger partial charge on any atom is 0.253 e. The zero-order chi connectivity index (χ0) is 16.9. The van der Waals surface area contributed by atoms with Crippen LogP contribution in [-0.2, 0) is 4.79 Å². The number of carbonyl (C=O) groups excluding carboxylic acids is 2. The van der Waals surface area contributed by atoms with Gasteiger partial charge in [0.25, 0.3) is 5.91 Å². The summed E-state index contributed by atoms with van der Waals surface area (Å²) in [5.41, 5.74) is 1.73. The third-order valence-electron chi connectivity index (χ3n) is 3.67. The standard InChI is InChI=1S/C18H18ClN3O2/c19-14-6-2-4-8-16(14)22-17(23)11-20-15-7-3-1-5-13(15)18(24)21-12-9-10-12/h1-8,12,20H,9-11H2,(H,21,24)(H,22,23). The first kappa shape index (κ1) is 16.3. The summed E-state index contributed by atoms with van der Waals surface area (Å²) in [6, 6.07) is 14.5. The Hall–Kier alpha value is -2.53. The first-order valence-electron chi connectivity index (χ1n) is 7.81. The Labute approximate surface area is 145 Å². The Morgan fingerprint density at radius 2 is 1.67 bits per heavy atom. The molecule has 3 N–H and O–H groups in total. The first-order valence-corrected chi connectivity index (χ1v) is 8.19. The quantitative estimate of drug-likeness (QED) is 0.753. The third-order valence-corrected chi connectivity index (χ3v) is 4.00. The molecule has 1 aliphatic rings. The molecule has 124 valence electrons. The Morgan fingerprint density at radius 1 is 1.00 bits per heavy atom. The average Bonchev–Trinajstić information content (AvgIpc) is 3.39. The van der Waals surface area contributed by atoms with E-state index in [1.165, 1.54) is 0 Å². The Morgan fingerprint density at radius 3 is 2.38 bits per heavy atom. The molecule has 0 aliphatic heterocycles. The number of halogens is 1. The minimum Gasteiger partial charge on any atom is -0.376 e. The Balaban J connectivity index is 1.61. The summed E-state index contributed by atoms with van der Waals surface area (Å²) in [6.45, 7) is 0.0406. The molecule has 0 heterocycles. The molecule has 0 radical (unpaired) electrons. The normalized spacial score (nSPS) is 13.2. The van der Waals surface area contributed by atoms with Crippen LogP contribution in [0, 0.1) is 0 Å². The Bertz CT molecular complexity index is 759. The second kappa shape index (κ2) is 7.36. The van der Waals surface area contributed by atoms with Gasteiger partial charge in [-0.15, -0.1) is 0 Å². The van der Waals surface area contributed by atoms with E-state index in [9.17, 15) is 9.59 Å². The van der Waals surface area contributed by atoms with E-state index in [-0.39, 0.29) is 24.4 Å². The number of anilines is 2. The molecule has 2 amide bonds. The van der Waals surface area contributed by atoms with E-state index >= 15 is 0 Å². The molecule has 0 spiro atoms. The second-order valence-corrected chi connectivity index (χ2v) is 6.08. The lowest BCUT2D eigenvalue weighted by atomic mass is 10.1. The molecular weight excluding hydrogens is 326 g/mol. The maximum atomic E-state index is 12.2. The SMILES string of the molecule is O=C(CNc1ccccc1C(=O)NC1CC1)Nc1ccccc1Cl. The van der Waals surface area contributed by atoms with Crippen LogP contribution in [0.5, 0.6) is 0 Å². The summed E-state index contributed by atoms with van der Waals surface area (Å²) in [7, 11) is 0. The highest BCUT2D eigenvalue weighted by Gasteiger charge is 2.24. The largest absolute Gasteiger partial charge is 0.376 e. The van der Waals surface area contributed by atoms with E-state index in [4.69, 9.17) is 11.6 Å². The number of para-hydroxylation sites is 2. The highest BCUT2D eigenvalue weighted by atomic mass is 35.5. The van der Waals surface area contributed by atoms with E-state index in [1.54, 1.807) is 42.5 Å². The minimum absolute atomic E-state index is 0.0406. The highest BCUT2D eigenvalue weighted by molar-refractivity contribution is 6.33. The molecule has 6 heteroatoms. The van der Waals surface area contributed by atoms with Gasteiger partial charge in [-0.05, 0) is 37.1 Å². The fourth-order valence-corrected chi connectivity index (χ4v) is 2.44. The molecule has 3 rings (SSSR count). The molecule has 1 aliphatic carbocycles. The number of rotatable bonds is 6. The summed E-state index contributed by atoms with van der Waals surface area (Å²) >= 11 is 6.02. The summed E-state index contributed by atoms with van der Waals surface area (Å²) in [5, 5.41) is 9.18. The lowest BCUT2D eigenvalue weighted by Gasteiger charge is -2.12. The van der Waals surface area contributed by atoms with E-state index in [0.29, 0.717) is 22.0 Å². The number of hydrogen-bond donors (Lipinski definition) is 3. The van der Waals surface area contributed by atoms with Gasteiger partial charge in [-0.25, -0.2) is 0 Å². The monoisotopic (exact) mass is 343 g/mol. The number of benzene rings is 2. The van der Waals surface area contributed by atoms with Crippen molar-refractivity contribution in [2.75, 3.05) is 17.2 Å². The van der Waals surface area contributed by atoms with Crippen molar-refractivity contribution in [1.82, 2.24) is 5.32 Å². The molecular formula is C18H18ClN3O2. The zero-order valence-electron chi connectivity index (χ0n) is 13.0. The smallest absolute Gasteiger partial charge is 0.253 e. The molecule has 0 bridgehead atoms. The van der Waals surface area contributed by atoms with Gasteiger partial charge >= 0.3 is 0 Å². The van der Waals surface area contributed by atoms with E-state index in [1.807, 2.05) is 6.07 Å². The van der Waals surface area contributed by atoms with Crippen molar-refractivity contribution in [3.8, 4) is 0 Å². The van der Waals surface area contributed by atoms with Crippen LogP contribution in [0.2, 0.25) is 5.02 Å². The first-order chi connectivity index (χ1) is 11.6. The highest BCUT2D eigenvalue weighted by Crippen LogP contribution is 2.22. The van der Waals surface area contributed by atoms with Gasteiger partial charge in [-0.3, -0.25) is 9.59 Å². The van der Waals surface area contributed by atoms with Crippen LogP contribution < -0.4 is 16.0 Å². The lowest BCUT2D eigenvalue weighted by Crippen LogP contribution is -2.27. The number of carbonyl (C=O) groups is 2. The van der Waals surface area contributed by atoms with Crippen molar-refractivity contribution >= 4 is 34.8 Å². The zero-order valence-corrected chi connectivity index (χ0v) is 13.8. The van der Waals surface area contributed by atoms with Crippen LogP contribution in [0.15, 0.2) is 48.5 Å². The summed E-state index contributed by atoms with van der Waals surface area (Å²) in [4.78, 5) is 24.3. The predicted octanol–water partition coefficient (Wildman–Crippen LogP) is 3.28. The van der Waals surface area contributed by atoms with Crippen LogP contribution >= 0.6 is 11.6 Å². The summed E-state index contributed by atoms with van der Waals surface area (Å²) in [6.07, 6.45) is 2.06. The maximum absolute atomic E-state index is 12.2. The number of amides is 2. The van der Waals surface area contributed by atoms with Gasteiger partial charge in [-0.2, -0.15) is 0 Å². The van der Waals surface area contributed by atoms with Crippen molar-refractivity contribution in [2.24, 2.45) is 0 Å². The molecule has 0 aromatic heterocycles. The molecule has 0 unspecified atom stereocenters. The summed E-state index contributed by atoms with van der Waals surface area (Å²) < 4.78 is 0. The summed E-state index contributed by atoms with van der Waals surface area (Å²) in [5.74, 6) is -0.354. The van der Waals surface area contributed by atoms with Crippen molar-refractivity contribution in [1.29, 1.82) is 0 Å². The fraction of sp³-hybridized carbons (Fsp3) is 0.222. The fourth-order valence-electron chi connectivity index (χ4n) is 2.26. The molecule has 1 saturated carbocycles. The molecule has 2 aromatic carbocycles. The molecule has 24 heavy (non-hydrogen) atoms. The number of hydrogen-bond acceptors (Lipinski definition) is 3. The molecule has 0 saturated heterocycles. The predicted molar refractivity (Wildman–Crippen MR) is 95.5 cm³/mol. The van der Waals surface area contributed by atoms with Crippen LogP contribution in [0.25, 0.3) is 0 Å². The van der Waals surface area contributed by atoms with Gasteiger partial charge in [0.05, 0.1) is 22.8 Å². The van der Waals surface area contributed by atoms with E-state index in [2.05, 4.69) is 16.0 Å². The molecule has 1 fully saturated rings. The molecule has 0 atom stereocenters. The van der Waals surface area contributed by atoms with Gasteiger partial charge in [0.2, 0.25) is 5.91 Å². The van der Waals surface area contributed by atoms with Crippen molar-refractivity contribution < 1.29 is 9.59 Å². The van der Waals surface area contributed by atoms with Gasteiger partial charge in [0, 0.05) is 11.7 Å². The van der Waals surface area contributed by atoms with Crippen LogP contribution in [0.4, 0.5) is 11.4 Å². The van der Waals surface area contributed by atoms with Gasteiger partial charge < -0.3 is 16.0 Å². The molecule has 2 aromatic rings.